The van der Waals surface area contributed by atoms with Crippen LogP contribution in [0.25, 0.3) is 10.9 Å². The van der Waals surface area contributed by atoms with Crippen molar-refractivity contribution in [2.24, 2.45) is 0 Å². The predicted molar refractivity (Wildman–Crippen MR) is 110 cm³/mol. The van der Waals surface area contributed by atoms with Gasteiger partial charge in [0.1, 0.15) is 5.60 Å². The Morgan fingerprint density at radius 3 is 2.68 bits per heavy atom. The van der Waals surface area contributed by atoms with Crippen LogP contribution >= 0.6 is 11.6 Å². The van der Waals surface area contributed by atoms with Crippen LogP contribution < -0.4 is 0 Å². The number of aliphatic hydroxyl groups is 1. The molecule has 1 amide bonds. The molecule has 4 rings (SSSR count). The number of para-hydroxylation sites is 1. The van der Waals surface area contributed by atoms with E-state index in [2.05, 4.69) is 16.8 Å². The highest BCUT2D eigenvalue weighted by Crippen LogP contribution is 2.25. The van der Waals surface area contributed by atoms with Crippen LogP contribution in [0, 0.1) is 11.8 Å². The molecule has 1 aliphatic heterocycles. The molecule has 0 aliphatic carbocycles. The SMILES string of the molecule is O=C(c1ccnc2ccccc12)N1CCC(O)(C#Cc2cccc(Cl)c2)CC1. The summed E-state index contributed by atoms with van der Waals surface area (Å²) in [7, 11) is 0. The van der Waals surface area contributed by atoms with Crippen molar-refractivity contribution < 1.29 is 9.90 Å². The summed E-state index contributed by atoms with van der Waals surface area (Å²) in [5.74, 6) is 5.93. The molecule has 0 bridgehead atoms. The highest BCUT2D eigenvalue weighted by atomic mass is 35.5. The second-order valence-electron chi connectivity index (χ2n) is 6.96. The summed E-state index contributed by atoms with van der Waals surface area (Å²) in [5, 5.41) is 12.2. The van der Waals surface area contributed by atoms with E-state index in [-0.39, 0.29) is 5.91 Å². The molecule has 0 radical (unpaired) electrons. The molecule has 0 saturated carbocycles. The normalized spacial score (nSPS) is 15.7. The Hall–Kier alpha value is -2.87. The smallest absolute Gasteiger partial charge is 0.254 e. The largest absolute Gasteiger partial charge is 0.377 e. The molecule has 3 aromatic rings. The van der Waals surface area contributed by atoms with Crippen LogP contribution in [0.4, 0.5) is 0 Å². The first-order chi connectivity index (χ1) is 13.5. The lowest BCUT2D eigenvalue weighted by atomic mass is 9.91. The number of nitrogens with zero attached hydrogens (tertiary/aromatic N) is 2. The Kier molecular flexibility index (Phi) is 5.04. The third kappa shape index (κ3) is 3.87. The highest BCUT2D eigenvalue weighted by molar-refractivity contribution is 6.30. The number of carbonyl (C=O) groups excluding carboxylic acids is 1. The molecule has 1 N–H and O–H groups in total. The maximum absolute atomic E-state index is 13.0. The zero-order chi connectivity index (χ0) is 19.6. The summed E-state index contributed by atoms with van der Waals surface area (Å²) >= 11 is 5.98. The third-order valence-corrected chi connectivity index (χ3v) is 5.26. The first-order valence-corrected chi connectivity index (χ1v) is 9.56. The molecule has 4 nitrogen and oxygen atoms in total. The fourth-order valence-electron chi connectivity index (χ4n) is 3.41. The summed E-state index contributed by atoms with van der Waals surface area (Å²) in [5.41, 5.74) is 1.11. The van der Waals surface area contributed by atoms with Crippen molar-refractivity contribution in [2.45, 2.75) is 18.4 Å². The second kappa shape index (κ2) is 7.63. The van der Waals surface area contributed by atoms with Gasteiger partial charge in [0.25, 0.3) is 5.91 Å². The van der Waals surface area contributed by atoms with Gasteiger partial charge in [0.2, 0.25) is 0 Å². The number of pyridine rings is 1. The van der Waals surface area contributed by atoms with E-state index in [1.54, 1.807) is 29.3 Å². The average Bonchev–Trinajstić information content (AvgIpc) is 2.72. The molecule has 140 valence electrons. The van der Waals surface area contributed by atoms with E-state index in [1.165, 1.54) is 0 Å². The number of hydrogen-bond donors (Lipinski definition) is 1. The molecule has 0 spiro atoms. The number of piperidine rings is 1. The average molecular weight is 391 g/mol. The van der Waals surface area contributed by atoms with E-state index in [0.29, 0.717) is 36.5 Å². The number of fused-ring (bicyclic) bond motifs is 1. The number of benzene rings is 2. The van der Waals surface area contributed by atoms with Crippen LogP contribution in [0.2, 0.25) is 5.02 Å². The van der Waals surface area contributed by atoms with Crippen LogP contribution in [0.5, 0.6) is 0 Å². The van der Waals surface area contributed by atoms with Crippen molar-refractivity contribution in [1.82, 2.24) is 9.88 Å². The molecular weight excluding hydrogens is 372 g/mol. The van der Waals surface area contributed by atoms with Gasteiger partial charge in [-0.15, -0.1) is 0 Å². The molecule has 1 fully saturated rings. The molecule has 1 aromatic heterocycles. The molecule has 2 aromatic carbocycles. The highest BCUT2D eigenvalue weighted by Gasteiger charge is 2.33. The minimum absolute atomic E-state index is 0.0385. The molecule has 1 aliphatic rings. The lowest BCUT2D eigenvalue weighted by Crippen LogP contribution is -2.46. The number of rotatable bonds is 1. The Balaban J connectivity index is 1.48. The van der Waals surface area contributed by atoms with Gasteiger partial charge in [-0.25, -0.2) is 0 Å². The maximum Gasteiger partial charge on any atom is 0.254 e. The van der Waals surface area contributed by atoms with Gasteiger partial charge in [-0.3, -0.25) is 9.78 Å². The van der Waals surface area contributed by atoms with Crippen molar-refractivity contribution in [1.29, 1.82) is 0 Å². The first-order valence-electron chi connectivity index (χ1n) is 9.18. The van der Waals surface area contributed by atoms with Crippen molar-refractivity contribution in [3.63, 3.8) is 0 Å². The number of amides is 1. The van der Waals surface area contributed by atoms with Crippen LogP contribution in [0.15, 0.2) is 60.8 Å². The molecule has 5 heteroatoms. The molecule has 2 heterocycles. The Morgan fingerprint density at radius 1 is 1.11 bits per heavy atom. The van der Waals surface area contributed by atoms with Gasteiger partial charge >= 0.3 is 0 Å². The summed E-state index contributed by atoms with van der Waals surface area (Å²) in [4.78, 5) is 19.1. The predicted octanol–water partition coefficient (Wildman–Crippen LogP) is 3.91. The summed E-state index contributed by atoms with van der Waals surface area (Å²) < 4.78 is 0. The number of aromatic nitrogens is 1. The Morgan fingerprint density at radius 2 is 1.89 bits per heavy atom. The summed E-state index contributed by atoms with van der Waals surface area (Å²) in [6.45, 7) is 0.909. The minimum Gasteiger partial charge on any atom is -0.377 e. The zero-order valence-corrected chi connectivity index (χ0v) is 16.0. The second-order valence-corrected chi connectivity index (χ2v) is 7.40. The fourth-order valence-corrected chi connectivity index (χ4v) is 3.60. The van der Waals surface area contributed by atoms with Crippen molar-refractivity contribution in [2.75, 3.05) is 13.1 Å². The standard InChI is InChI=1S/C23H19ClN2O2/c24-18-5-3-4-17(16-18)8-10-23(28)11-14-26(15-12-23)22(27)20-9-13-25-21-7-2-1-6-19(20)21/h1-7,9,13,16,28H,11-12,14-15H2. The minimum atomic E-state index is -1.10. The Bertz CT molecular complexity index is 1090. The van der Waals surface area contributed by atoms with Crippen molar-refractivity contribution >= 4 is 28.4 Å². The molecular formula is C23H19ClN2O2. The van der Waals surface area contributed by atoms with Gasteiger partial charge in [-0.2, -0.15) is 0 Å². The van der Waals surface area contributed by atoms with Crippen LogP contribution in [-0.2, 0) is 0 Å². The monoisotopic (exact) mass is 390 g/mol. The Labute approximate surface area is 168 Å². The van der Waals surface area contributed by atoms with Gasteiger partial charge in [-0.1, -0.05) is 47.7 Å². The van der Waals surface area contributed by atoms with Crippen LogP contribution in [-0.4, -0.2) is 39.6 Å². The van der Waals surface area contributed by atoms with Crippen molar-refractivity contribution in [3.05, 3.63) is 76.9 Å². The van der Waals surface area contributed by atoms with Gasteiger partial charge in [-0.05, 0) is 30.3 Å². The molecule has 0 atom stereocenters. The number of halogens is 1. The number of hydrogen-bond acceptors (Lipinski definition) is 3. The summed E-state index contributed by atoms with van der Waals surface area (Å²) in [6, 6.07) is 16.6. The molecule has 0 unspecified atom stereocenters. The van der Waals surface area contributed by atoms with Crippen LogP contribution in [0.3, 0.4) is 0 Å². The van der Waals surface area contributed by atoms with E-state index in [9.17, 15) is 9.90 Å². The third-order valence-electron chi connectivity index (χ3n) is 5.02. The van der Waals surface area contributed by atoms with E-state index >= 15 is 0 Å². The van der Waals surface area contributed by atoms with Gasteiger partial charge in [0.05, 0.1) is 11.1 Å². The molecule has 1 saturated heterocycles. The van der Waals surface area contributed by atoms with E-state index < -0.39 is 5.60 Å². The lowest BCUT2D eigenvalue weighted by molar-refractivity contribution is 0.0250. The quantitative estimate of drug-likeness (QED) is 0.641. The fraction of sp³-hybridized carbons (Fsp3) is 0.217. The van der Waals surface area contributed by atoms with E-state index in [1.807, 2.05) is 36.4 Å². The van der Waals surface area contributed by atoms with Gasteiger partial charge in [0, 0.05) is 48.1 Å². The first kappa shape index (κ1) is 18.5. The zero-order valence-electron chi connectivity index (χ0n) is 15.2. The number of carbonyl (C=O) groups is 1. The number of likely N-dealkylation sites (tertiary alicyclic amines) is 1. The van der Waals surface area contributed by atoms with E-state index in [4.69, 9.17) is 11.6 Å². The topological polar surface area (TPSA) is 53.4 Å². The van der Waals surface area contributed by atoms with Crippen molar-refractivity contribution in [3.8, 4) is 11.8 Å². The summed E-state index contributed by atoms with van der Waals surface area (Å²) in [6.07, 6.45) is 2.48. The van der Waals surface area contributed by atoms with Gasteiger partial charge in [0.15, 0.2) is 0 Å². The molecule has 28 heavy (non-hydrogen) atoms. The lowest BCUT2D eigenvalue weighted by Gasteiger charge is -2.35. The van der Waals surface area contributed by atoms with Crippen LogP contribution in [0.1, 0.15) is 28.8 Å². The maximum atomic E-state index is 13.0. The van der Waals surface area contributed by atoms with E-state index in [0.717, 1.165) is 16.5 Å². The van der Waals surface area contributed by atoms with Gasteiger partial charge < -0.3 is 10.0 Å².